The fourth-order valence-electron chi connectivity index (χ4n) is 2.64. The maximum Gasteiger partial charge on any atom is 0.323 e. The average molecular weight is 374 g/mol. The summed E-state index contributed by atoms with van der Waals surface area (Å²) in [5.74, 6) is -0.753. The number of amides is 1. The summed E-state index contributed by atoms with van der Waals surface area (Å²) in [5, 5.41) is 17.2. The highest BCUT2D eigenvalue weighted by Crippen LogP contribution is 2.19. The fraction of sp³-hybridized carbons (Fsp3) is 0.474. The number of carbonyl (C=O) groups is 2. The van der Waals surface area contributed by atoms with Crippen LogP contribution in [0.15, 0.2) is 24.3 Å². The molecule has 0 fully saturated rings. The molecular formula is C19H26N4O4. The largest absolute Gasteiger partial charge is 0.491 e. The third-order valence-electron chi connectivity index (χ3n) is 4.24. The number of carboxylic acid groups (broad SMARTS) is 1. The van der Waals surface area contributed by atoms with Gasteiger partial charge in [-0.15, -0.1) is 5.10 Å². The van der Waals surface area contributed by atoms with E-state index in [0.717, 1.165) is 11.4 Å². The Balaban J connectivity index is 2.29. The third-order valence-corrected chi connectivity index (χ3v) is 4.24. The second-order valence-electron chi connectivity index (χ2n) is 6.68. The van der Waals surface area contributed by atoms with Gasteiger partial charge in [0.05, 0.1) is 17.5 Å². The number of carboxylic acids is 1. The Morgan fingerprint density at radius 3 is 2.37 bits per heavy atom. The zero-order valence-electron chi connectivity index (χ0n) is 16.3. The molecule has 1 atom stereocenters. The minimum Gasteiger partial charge on any atom is -0.491 e. The molecule has 0 spiro atoms. The summed E-state index contributed by atoms with van der Waals surface area (Å²) in [5.41, 5.74) is 1.44. The predicted octanol–water partition coefficient (Wildman–Crippen LogP) is 2.69. The topological polar surface area (TPSA) is 97.5 Å². The van der Waals surface area contributed by atoms with Crippen molar-refractivity contribution in [3.05, 3.63) is 35.7 Å². The molecule has 0 bridgehead atoms. The minimum absolute atomic E-state index is 0.0777. The molecule has 1 unspecified atom stereocenters. The maximum atomic E-state index is 12.8. The van der Waals surface area contributed by atoms with Gasteiger partial charge in [-0.25, -0.2) is 4.68 Å². The normalized spacial score (nSPS) is 12.1. The molecule has 0 saturated carbocycles. The van der Waals surface area contributed by atoms with Crippen LogP contribution in [0.3, 0.4) is 0 Å². The van der Waals surface area contributed by atoms with Crippen LogP contribution in [0.2, 0.25) is 0 Å². The van der Waals surface area contributed by atoms with Gasteiger partial charge in [0.2, 0.25) is 0 Å². The van der Waals surface area contributed by atoms with E-state index in [4.69, 9.17) is 9.84 Å². The van der Waals surface area contributed by atoms with Gasteiger partial charge in [-0.1, -0.05) is 12.1 Å². The number of hydrogen-bond acceptors (Lipinski definition) is 5. The van der Waals surface area contributed by atoms with Gasteiger partial charge in [-0.05, 0) is 58.4 Å². The smallest absolute Gasteiger partial charge is 0.323 e. The first-order chi connectivity index (χ1) is 12.7. The second kappa shape index (κ2) is 8.66. The van der Waals surface area contributed by atoms with E-state index in [9.17, 15) is 9.59 Å². The van der Waals surface area contributed by atoms with Crippen LogP contribution in [-0.2, 0) is 4.79 Å². The van der Waals surface area contributed by atoms with Gasteiger partial charge in [0.1, 0.15) is 12.3 Å². The highest BCUT2D eigenvalue weighted by atomic mass is 16.5. The van der Waals surface area contributed by atoms with Crippen molar-refractivity contribution in [2.45, 2.75) is 53.2 Å². The number of rotatable bonds is 8. The monoisotopic (exact) mass is 374 g/mol. The first kappa shape index (κ1) is 20.4. The van der Waals surface area contributed by atoms with Crippen molar-refractivity contribution in [3.63, 3.8) is 0 Å². The van der Waals surface area contributed by atoms with Gasteiger partial charge in [0.25, 0.3) is 5.91 Å². The molecular weight excluding hydrogens is 348 g/mol. The number of nitrogens with zero attached hydrogens (tertiary/aromatic N) is 4. The van der Waals surface area contributed by atoms with Crippen LogP contribution in [0.25, 0.3) is 5.69 Å². The SMILES string of the molecule is CCC(C)N(CC(=O)O)C(=O)c1nnn(-c2ccc(OC(C)C)cc2)c1C. The first-order valence-electron chi connectivity index (χ1n) is 8.96. The molecule has 2 rings (SSSR count). The molecule has 1 amide bonds. The summed E-state index contributed by atoms with van der Waals surface area (Å²) in [6.07, 6.45) is 0.720. The lowest BCUT2D eigenvalue weighted by atomic mass is 10.2. The molecule has 1 aromatic carbocycles. The van der Waals surface area contributed by atoms with E-state index in [1.165, 1.54) is 4.90 Å². The zero-order chi connectivity index (χ0) is 20.1. The zero-order valence-corrected chi connectivity index (χ0v) is 16.3. The van der Waals surface area contributed by atoms with Gasteiger partial charge in [0, 0.05) is 6.04 Å². The summed E-state index contributed by atoms with van der Waals surface area (Å²) in [4.78, 5) is 25.3. The molecule has 146 valence electrons. The van der Waals surface area contributed by atoms with Crippen molar-refractivity contribution in [2.75, 3.05) is 6.54 Å². The van der Waals surface area contributed by atoms with E-state index in [2.05, 4.69) is 10.3 Å². The molecule has 0 saturated heterocycles. The Morgan fingerprint density at radius 1 is 1.22 bits per heavy atom. The molecule has 0 aliphatic carbocycles. The van der Waals surface area contributed by atoms with Crippen LogP contribution >= 0.6 is 0 Å². The molecule has 1 aromatic heterocycles. The van der Waals surface area contributed by atoms with Crippen LogP contribution in [0.5, 0.6) is 5.75 Å². The van der Waals surface area contributed by atoms with Gasteiger partial charge >= 0.3 is 5.97 Å². The van der Waals surface area contributed by atoms with E-state index in [-0.39, 0.29) is 24.4 Å². The molecule has 0 aliphatic heterocycles. The number of aliphatic carboxylic acids is 1. The van der Waals surface area contributed by atoms with Crippen molar-refractivity contribution in [2.24, 2.45) is 0 Å². The molecule has 8 heteroatoms. The summed E-state index contributed by atoms with van der Waals surface area (Å²) in [7, 11) is 0. The highest BCUT2D eigenvalue weighted by molar-refractivity contribution is 5.95. The van der Waals surface area contributed by atoms with Crippen molar-refractivity contribution in [3.8, 4) is 11.4 Å². The highest BCUT2D eigenvalue weighted by Gasteiger charge is 2.27. The number of ether oxygens (including phenoxy) is 1. The molecule has 8 nitrogen and oxygen atoms in total. The van der Waals surface area contributed by atoms with Crippen LogP contribution in [0.1, 0.15) is 50.3 Å². The summed E-state index contributed by atoms with van der Waals surface area (Å²) in [6.45, 7) is 8.98. The Morgan fingerprint density at radius 2 is 1.85 bits per heavy atom. The number of aromatic nitrogens is 3. The van der Waals surface area contributed by atoms with Crippen LogP contribution < -0.4 is 4.74 Å². The Labute approximate surface area is 158 Å². The third kappa shape index (κ3) is 4.84. The molecule has 2 aromatic rings. The second-order valence-corrected chi connectivity index (χ2v) is 6.68. The Bertz CT molecular complexity index is 799. The van der Waals surface area contributed by atoms with Crippen LogP contribution in [-0.4, -0.2) is 55.6 Å². The number of hydrogen-bond donors (Lipinski definition) is 1. The van der Waals surface area contributed by atoms with Gasteiger partial charge in [-0.2, -0.15) is 0 Å². The lowest BCUT2D eigenvalue weighted by Crippen LogP contribution is -2.42. The number of carbonyl (C=O) groups excluding carboxylic acids is 1. The minimum atomic E-state index is -1.06. The van der Waals surface area contributed by atoms with Crippen molar-refractivity contribution >= 4 is 11.9 Å². The van der Waals surface area contributed by atoms with E-state index in [0.29, 0.717) is 12.1 Å². The standard InChI is InChI=1S/C19H26N4O4/c1-6-13(4)22(11-17(24)25)19(26)18-14(5)23(21-20-18)15-7-9-16(10-8-15)27-12(2)3/h7-10,12-13H,6,11H2,1-5H3,(H,24,25). The Kier molecular flexibility index (Phi) is 6.55. The van der Waals surface area contributed by atoms with Crippen LogP contribution in [0, 0.1) is 6.92 Å². The van der Waals surface area contributed by atoms with Gasteiger partial charge in [0.15, 0.2) is 5.69 Å². The average Bonchev–Trinajstić information content (AvgIpc) is 3.00. The van der Waals surface area contributed by atoms with Crippen molar-refractivity contribution in [1.29, 1.82) is 0 Å². The van der Waals surface area contributed by atoms with Crippen molar-refractivity contribution in [1.82, 2.24) is 19.9 Å². The molecule has 1 heterocycles. The van der Waals surface area contributed by atoms with E-state index < -0.39 is 11.9 Å². The van der Waals surface area contributed by atoms with Crippen LogP contribution in [0.4, 0.5) is 0 Å². The summed E-state index contributed by atoms with van der Waals surface area (Å²) in [6, 6.07) is 7.10. The first-order valence-corrected chi connectivity index (χ1v) is 8.96. The molecule has 0 radical (unpaired) electrons. The van der Waals surface area contributed by atoms with E-state index in [1.807, 2.05) is 52.0 Å². The van der Waals surface area contributed by atoms with E-state index in [1.54, 1.807) is 11.6 Å². The quantitative estimate of drug-likeness (QED) is 0.763. The van der Waals surface area contributed by atoms with Gasteiger partial charge < -0.3 is 14.7 Å². The molecule has 1 N–H and O–H groups in total. The van der Waals surface area contributed by atoms with E-state index >= 15 is 0 Å². The number of benzene rings is 1. The van der Waals surface area contributed by atoms with Crippen molar-refractivity contribution < 1.29 is 19.4 Å². The molecule has 0 aliphatic rings. The van der Waals surface area contributed by atoms with Gasteiger partial charge in [-0.3, -0.25) is 9.59 Å². The Hall–Kier alpha value is -2.90. The maximum absolute atomic E-state index is 12.8. The fourth-order valence-corrected chi connectivity index (χ4v) is 2.64. The summed E-state index contributed by atoms with van der Waals surface area (Å²) < 4.78 is 7.18. The lowest BCUT2D eigenvalue weighted by Gasteiger charge is -2.26. The predicted molar refractivity (Wildman–Crippen MR) is 100 cm³/mol. The molecule has 27 heavy (non-hydrogen) atoms. The summed E-state index contributed by atoms with van der Waals surface area (Å²) >= 11 is 0. The lowest BCUT2D eigenvalue weighted by molar-refractivity contribution is -0.138.